The summed E-state index contributed by atoms with van der Waals surface area (Å²) in [5.41, 5.74) is 0. The van der Waals surface area contributed by atoms with Gasteiger partial charge in [-0.25, -0.2) is 0 Å². The van der Waals surface area contributed by atoms with Crippen molar-refractivity contribution in [2.24, 2.45) is 0 Å². The molecule has 0 amide bonds. The van der Waals surface area contributed by atoms with Gasteiger partial charge in [-0.1, -0.05) is 13.3 Å². The van der Waals surface area contributed by atoms with Gasteiger partial charge in [-0.2, -0.15) is 24.9 Å². The van der Waals surface area contributed by atoms with Gasteiger partial charge < -0.3 is 0 Å². The minimum atomic E-state index is -3.97. The lowest BCUT2D eigenvalue weighted by molar-refractivity contribution is -0.134. The molecule has 12 heavy (non-hydrogen) atoms. The van der Waals surface area contributed by atoms with Crippen LogP contribution in [-0.4, -0.2) is 17.7 Å². The van der Waals surface area contributed by atoms with Gasteiger partial charge in [-0.05, 0) is 24.3 Å². The molecule has 4 heteroatoms. The van der Waals surface area contributed by atoms with Crippen molar-refractivity contribution in [1.82, 2.24) is 0 Å². The summed E-state index contributed by atoms with van der Waals surface area (Å²) in [4.78, 5) is 0. The fourth-order valence-electron chi connectivity index (χ4n) is 0.723. The minimum absolute atomic E-state index is 0.262. The maximum atomic E-state index is 11.6. The van der Waals surface area contributed by atoms with Crippen LogP contribution in [0.15, 0.2) is 0 Å². The quantitative estimate of drug-likeness (QED) is 0.587. The van der Waals surface area contributed by atoms with Gasteiger partial charge in [-0.3, -0.25) is 0 Å². The van der Waals surface area contributed by atoms with E-state index in [0.29, 0.717) is 5.75 Å². The first-order valence-corrected chi connectivity index (χ1v) is 5.36. The Balaban J connectivity index is 3.01. The van der Waals surface area contributed by atoms with E-state index >= 15 is 0 Å². The van der Waals surface area contributed by atoms with Crippen LogP contribution in [0.5, 0.6) is 0 Å². The molecule has 0 aromatic carbocycles. The fraction of sp³-hybridized carbons (Fsp3) is 1.00. The first-order chi connectivity index (χ1) is 5.56. The third-order valence-corrected chi connectivity index (χ3v) is 2.55. The molecule has 0 aliphatic rings. The first-order valence-electron chi connectivity index (χ1n) is 4.20. The van der Waals surface area contributed by atoms with Crippen molar-refractivity contribution >= 4 is 11.8 Å². The zero-order chi connectivity index (χ0) is 9.45. The van der Waals surface area contributed by atoms with E-state index in [0.717, 1.165) is 18.6 Å². The van der Waals surface area contributed by atoms with Crippen molar-refractivity contribution in [3.05, 3.63) is 0 Å². The molecule has 0 rings (SSSR count). The lowest BCUT2D eigenvalue weighted by atomic mass is 10.3. The average molecular weight is 200 g/mol. The second kappa shape index (κ2) is 6.63. The highest BCUT2D eigenvalue weighted by Crippen LogP contribution is 2.22. The van der Waals surface area contributed by atoms with Crippen LogP contribution in [0.4, 0.5) is 13.2 Å². The van der Waals surface area contributed by atoms with Crippen LogP contribution in [-0.2, 0) is 0 Å². The van der Waals surface area contributed by atoms with Crippen LogP contribution in [0.25, 0.3) is 0 Å². The SMILES string of the molecule is CCCCSCCCC(F)(F)F. The predicted molar refractivity (Wildman–Crippen MR) is 47.5 cm³/mol. The smallest absolute Gasteiger partial charge is 0.171 e. The Morgan fingerprint density at radius 2 is 1.67 bits per heavy atom. The second-order valence-electron chi connectivity index (χ2n) is 2.68. The molecule has 0 saturated carbocycles. The largest absolute Gasteiger partial charge is 0.389 e. The maximum absolute atomic E-state index is 11.6. The van der Waals surface area contributed by atoms with E-state index in [1.54, 1.807) is 11.8 Å². The summed E-state index contributed by atoms with van der Waals surface area (Å²) in [6.07, 6.45) is -2.11. The van der Waals surface area contributed by atoms with Gasteiger partial charge in [0.1, 0.15) is 0 Å². The zero-order valence-corrected chi connectivity index (χ0v) is 8.10. The third-order valence-electron chi connectivity index (χ3n) is 1.39. The molecule has 0 fully saturated rings. The van der Waals surface area contributed by atoms with E-state index in [4.69, 9.17) is 0 Å². The summed E-state index contributed by atoms with van der Waals surface area (Å²) in [7, 11) is 0. The van der Waals surface area contributed by atoms with E-state index < -0.39 is 12.6 Å². The average Bonchev–Trinajstić information content (AvgIpc) is 1.94. The molecular formula is C8H15F3S. The van der Waals surface area contributed by atoms with Crippen molar-refractivity contribution in [2.75, 3.05) is 11.5 Å². The summed E-state index contributed by atoms with van der Waals surface area (Å²) in [6.45, 7) is 2.08. The van der Waals surface area contributed by atoms with Crippen LogP contribution in [0, 0.1) is 0 Å². The molecular weight excluding hydrogens is 185 g/mol. The van der Waals surface area contributed by atoms with E-state index in [9.17, 15) is 13.2 Å². The molecule has 0 heterocycles. The van der Waals surface area contributed by atoms with Crippen molar-refractivity contribution in [3.8, 4) is 0 Å². The summed E-state index contributed by atoms with van der Waals surface area (Å²) in [5.74, 6) is 1.63. The van der Waals surface area contributed by atoms with Crippen molar-refractivity contribution in [2.45, 2.75) is 38.8 Å². The van der Waals surface area contributed by atoms with Crippen molar-refractivity contribution in [1.29, 1.82) is 0 Å². The van der Waals surface area contributed by atoms with Crippen molar-refractivity contribution < 1.29 is 13.2 Å². The van der Waals surface area contributed by atoms with E-state index in [2.05, 4.69) is 6.92 Å². The molecule has 0 aromatic rings. The van der Waals surface area contributed by atoms with E-state index in [1.165, 1.54) is 0 Å². The highest BCUT2D eigenvalue weighted by molar-refractivity contribution is 7.99. The van der Waals surface area contributed by atoms with Gasteiger partial charge in [0.15, 0.2) is 0 Å². The second-order valence-corrected chi connectivity index (χ2v) is 3.91. The predicted octanol–water partition coefficient (Wildman–Crippen LogP) is 3.86. The Hall–Kier alpha value is 0.140. The molecule has 0 atom stereocenters. The van der Waals surface area contributed by atoms with Crippen LogP contribution in [0.2, 0.25) is 0 Å². The van der Waals surface area contributed by atoms with Gasteiger partial charge in [0.05, 0.1) is 0 Å². The summed E-state index contributed by atoms with van der Waals surface area (Å²) >= 11 is 1.62. The lowest BCUT2D eigenvalue weighted by Crippen LogP contribution is -2.06. The van der Waals surface area contributed by atoms with Crippen LogP contribution in [0.3, 0.4) is 0 Å². The topological polar surface area (TPSA) is 0 Å². The molecule has 0 aromatic heterocycles. The number of alkyl halides is 3. The monoisotopic (exact) mass is 200 g/mol. The summed E-state index contributed by atoms with van der Waals surface area (Å²) < 4.78 is 34.9. The van der Waals surface area contributed by atoms with Gasteiger partial charge >= 0.3 is 6.18 Å². The van der Waals surface area contributed by atoms with Gasteiger partial charge in [0, 0.05) is 6.42 Å². The Kier molecular flexibility index (Phi) is 6.71. The molecule has 0 N–H and O–H groups in total. The molecule has 0 aliphatic carbocycles. The van der Waals surface area contributed by atoms with Crippen molar-refractivity contribution in [3.63, 3.8) is 0 Å². The highest BCUT2D eigenvalue weighted by atomic mass is 32.2. The maximum Gasteiger partial charge on any atom is 0.389 e. The van der Waals surface area contributed by atoms with Crippen LogP contribution < -0.4 is 0 Å². The number of rotatable bonds is 6. The standard InChI is InChI=1S/C8H15F3S/c1-2-3-6-12-7-4-5-8(9,10)11/h2-7H2,1H3. The number of hydrogen-bond donors (Lipinski definition) is 0. The number of unbranched alkanes of at least 4 members (excludes halogenated alkanes) is 1. The van der Waals surface area contributed by atoms with E-state index in [1.807, 2.05) is 0 Å². The Morgan fingerprint density at radius 1 is 1.08 bits per heavy atom. The fourth-order valence-corrected chi connectivity index (χ4v) is 1.77. The summed E-state index contributed by atoms with van der Waals surface area (Å²) in [6, 6.07) is 0. The Bertz CT molecular complexity index is 101. The third kappa shape index (κ3) is 10.1. The molecule has 0 aliphatic heterocycles. The molecule has 0 spiro atoms. The zero-order valence-electron chi connectivity index (χ0n) is 7.28. The number of thioether (sulfide) groups is 1. The minimum Gasteiger partial charge on any atom is -0.171 e. The molecule has 0 saturated heterocycles. The van der Waals surface area contributed by atoms with Gasteiger partial charge in [0.2, 0.25) is 0 Å². The molecule has 0 bridgehead atoms. The molecule has 0 radical (unpaired) electrons. The van der Waals surface area contributed by atoms with Crippen LogP contribution >= 0.6 is 11.8 Å². The molecule has 0 unspecified atom stereocenters. The normalized spacial score (nSPS) is 12.0. The van der Waals surface area contributed by atoms with Gasteiger partial charge in [-0.15, -0.1) is 0 Å². The number of halogens is 3. The summed E-state index contributed by atoms with van der Waals surface area (Å²) in [5, 5.41) is 0. The lowest BCUT2D eigenvalue weighted by Gasteiger charge is -2.04. The Labute approximate surface area is 75.9 Å². The molecule has 0 nitrogen and oxygen atoms in total. The van der Waals surface area contributed by atoms with Gasteiger partial charge in [0.25, 0.3) is 0 Å². The first kappa shape index (κ1) is 12.1. The van der Waals surface area contributed by atoms with E-state index in [-0.39, 0.29) is 6.42 Å². The highest BCUT2D eigenvalue weighted by Gasteiger charge is 2.25. The number of hydrogen-bond acceptors (Lipinski definition) is 1. The molecule has 74 valence electrons. The van der Waals surface area contributed by atoms with Crippen LogP contribution in [0.1, 0.15) is 32.6 Å². The Morgan fingerprint density at radius 3 is 2.17 bits per heavy atom.